The van der Waals surface area contributed by atoms with Crippen LogP contribution >= 0.6 is 0 Å². The summed E-state index contributed by atoms with van der Waals surface area (Å²) < 4.78 is 11.2. The Hall–Kier alpha value is -1.06. The average Bonchev–Trinajstić information content (AvgIpc) is 2.33. The first-order valence-corrected chi connectivity index (χ1v) is 6.13. The molecule has 1 atom stereocenters. The van der Waals surface area contributed by atoms with E-state index in [1.165, 1.54) is 12.0 Å². The van der Waals surface area contributed by atoms with Crippen molar-refractivity contribution in [2.24, 2.45) is 0 Å². The van der Waals surface area contributed by atoms with Crippen molar-refractivity contribution in [3.05, 3.63) is 29.8 Å². The highest BCUT2D eigenvalue weighted by atomic mass is 16.5. The van der Waals surface area contributed by atoms with Crippen molar-refractivity contribution in [2.45, 2.75) is 30.9 Å². The van der Waals surface area contributed by atoms with E-state index in [2.05, 4.69) is 11.4 Å². The highest BCUT2D eigenvalue weighted by molar-refractivity contribution is 5.38. The van der Waals surface area contributed by atoms with E-state index in [9.17, 15) is 0 Å². The van der Waals surface area contributed by atoms with E-state index in [0.29, 0.717) is 0 Å². The Morgan fingerprint density at radius 1 is 1.24 bits per heavy atom. The van der Waals surface area contributed by atoms with Crippen LogP contribution in [0.15, 0.2) is 24.3 Å². The van der Waals surface area contributed by atoms with Crippen molar-refractivity contribution in [1.82, 2.24) is 5.32 Å². The average molecular weight is 235 g/mol. The largest absolute Gasteiger partial charge is 0.496 e. The molecule has 1 unspecified atom stereocenters. The van der Waals surface area contributed by atoms with E-state index < -0.39 is 0 Å². The van der Waals surface area contributed by atoms with Gasteiger partial charge in [-0.05, 0) is 32.4 Å². The van der Waals surface area contributed by atoms with Crippen molar-refractivity contribution in [3.63, 3.8) is 0 Å². The molecule has 0 amide bonds. The summed E-state index contributed by atoms with van der Waals surface area (Å²) in [7, 11) is 5.50. The minimum absolute atomic E-state index is 0.0661. The Morgan fingerprint density at radius 2 is 1.94 bits per heavy atom. The number of rotatable bonds is 5. The molecule has 0 aromatic heterocycles. The molecule has 2 rings (SSSR count). The molecule has 1 aliphatic carbocycles. The molecular weight excluding hydrogens is 214 g/mol. The van der Waals surface area contributed by atoms with Crippen LogP contribution in [0.5, 0.6) is 5.75 Å². The Kier molecular flexibility index (Phi) is 3.69. The molecule has 0 saturated heterocycles. The summed E-state index contributed by atoms with van der Waals surface area (Å²) in [5.41, 5.74) is 1.11. The van der Waals surface area contributed by atoms with Gasteiger partial charge in [0.05, 0.1) is 18.8 Å². The molecule has 1 aromatic rings. The molecule has 1 saturated carbocycles. The maximum absolute atomic E-state index is 5.76. The normalized spacial score (nSPS) is 19.5. The summed E-state index contributed by atoms with van der Waals surface area (Å²) in [5, 5.41) is 3.38. The summed E-state index contributed by atoms with van der Waals surface area (Å²) in [4.78, 5) is 0. The van der Waals surface area contributed by atoms with E-state index in [4.69, 9.17) is 9.47 Å². The van der Waals surface area contributed by atoms with Crippen LogP contribution in [0.25, 0.3) is 0 Å². The smallest absolute Gasteiger partial charge is 0.123 e. The third-order valence-electron chi connectivity index (χ3n) is 3.87. The number of benzene rings is 1. The van der Waals surface area contributed by atoms with Crippen LogP contribution in [0.1, 0.15) is 30.9 Å². The van der Waals surface area contributed by atoms with Gasteiger partial charge in [-0.15, -0.1) is 0 Å². The quantitative estimate of drug-likeness (QED) is 0.850. The molecule has 1 aliphatic rings. The fraction of sp³-hybridized carbons (Fsp3) is 0.571. The fourth-order valence-corrected chi connectivity index (χ4v) is 2.74. The maximum Gasteiger partial charge on any atom is 0.123 e. The number of para-hydroxylation sites is 1. The van der Waals surface area contributed by atoms with Gasteiger partial charge in [0.15, 0.2) is 0 Å². The van der Waals surface area contributed by atoms with Crippen LogP contribution in [0, 0.1) is 0 Å². The Bertz CT molecular complexity index is 369. The van der Waals surface area contributed by atoms with E-state index in [1.54, 1.807) is 14.2 Å². The van der Waals surface area contributed by atoms with Crippen molar-refractivity contribution in [1.29, 1.82) is 0 Å². The highest BCUT2D eigenvalue weighted by Gasteiger charge is 2.45. The van der Waals surface area contributed by atoms with Gasteiger partial charge in [-0.3, -0.25) is 0 Å². The van der Waals surface area contributed by atoms with Gasteiger partial charge in [0.1, 0.15) is 5.75 Å². The number of hydrogen-bond donors (Lipinski definition) is 1. The van der Waals surface area contributed by atoms with Crippen LogP contribution < -0.4 is 10.1 Å². The van der Waals surface area contributed by atoms with Gasteiger partial charge in [0.25, 0.3) is 0 Å². The van der Waals surface area contributed by atoms with Gasteiger partial charge < -0.3 is 14.8 Å². The second-order valence-electron chi connectivity index (χ2n) is 4.59. The summed E-state index contributed by atoms with van der Waals surface area (Å²) in [6.07, 6.45) is 3.45. The van der Waals surface area contributed by atoms with Gasteiger partial charge in [0, 0.05) is 12.7 Å². The minimum atomic E-state index is -0.0661. The lowest BCUT2D eigenvalue weighted by molar-refractivity contribution is -0.0986. The molecule has 17 heavy (non-hydrogen) atoms. The van der Waals surface area contributed by atoms with E-state index in [-0.39, 0.29) is 11.6 Å². The molecule has 0 bridgehead atoms. The Labute approximate surface area is 103 Å². The molecule has 0 spiro atoms. The van der Waals surface area contributed by atoms with Crippen LogP contribution in [-0.2, 0) is 4.74 Å². The molecule has 0 heterocycles. The molecule has 0 aliphatic heterocycles. The summed E-state index contributed by atoms with van der Waals surface area (Å²) in [6.45, 7) is 0. The third kappa shape index (κ3) is 2.05. The fourth-order valence-electron chi connectivity index (χ4n) is 2.74. The lowest BCUT2D eigenvalue weighted by atomic mass is 9.72. The van der Waals surface area contributed by atoms with Gasteiger partial charge in [-0.2, -0.15) is 0 Å². The van der Waals surface area contributed by atoms with E-state index in [0.717, 1.165) is 18.6 Å². The maximum atomic E-state index is 5.76. The summed E-state index contributed by atoms with van der Waals surface area (Å²) in [6, 6.07) is 8.35. The predicted molar refractivity (Wildman–Crippen MR) is 68.4 cm³/mol. The summed E-state index contributed by atoms with van der Waals surface area (Å²) >= 11 is 0. The lowest BCUT2D eigenvalue weighted by Gasteiger charge is -2.46. The molecule has 1 fully saturated rings. The zero-order valence-corrected chi connectivity index (χ0v) is 10.8. The van der Waals surface area contributed by atoms with Crippen molar-refractivity contribution in [3.8, 4) is 5.75 Å². The standard InChI is InChI=1S/C14H21NO2/c1-15-13(14(17-3)9-6-10-14)11-7-4-5-8-12(11)16-2/h4-5,7-8,13,15H,6,9-10H2,1-3H3. The number of ether oxygens (including phenoxy) is 2. The van der Waals surface area contributed by atoms with Gasteiger partial charge in [-0.25, -0.2) is 0 Å². The highest BCUT2D eigenvalue weighted by Crippen LogP contribution is 2.46. The van der Waals surface area contributed by atoms with E-state index >= 15 is 0 Å². The number of hydrogen-bond acceptors (Lipinski definition) is 3. The zero-order chi connectivity index (χ0) is 12.3. The van der Waals surface area contributed by atoms with Crippen LogP contribution in [-0.4, -0.2) is 26.9 Å². The minimum Gasteiger partial charge on any atom is -0.496 e. The van der Waals surface area contributed by atoms with E-state index in [1.807, 2.05) is 25.2 Å². The topological polar surface area (TPSA) is 30.5 Å². The Balaban J connectivity index is 2.34. The monoisotopic (exact) mass is 235 g/mol. The molecule has 3 heteroatoms. The molecule has 94 valence electrons. The Morgan fingerprint density at radius 3 is 2.41 bits per heavy atom. The second kappa shape index (κ2) is 5.07. The molecule has 1 aromatic carbocycles. The van der Waals surface area contributed by atoms with Crippen LogP contribution in [0.3, 0.4) is 0 Å². The van der Waals surface area contributed by atoms with Gasteiger partial charge >= 0.3 is 0 Å². The molecule has 1 N–H and O–H groups in total. The first kappa shape index (κ1) is 12.4. The van der Waals surface area contributed by atoms with Crippen LogP contribution in [0.4, 0.5) is 0 Å². The van der Waals surface area contributed by atoms with Crippen molar-refractivity contribution < 1.29 is 9.47 Å². The summed E-state index contributed by atoms with van der Waals surface area (Å²) in [5.74, 6) is 0.926. The first-order chi connectivity index (χ1) is 8.27. The van der Waals surface area contributed by atoms with Gasteiger partial charge in [0.2, 0.25) is 0 Å². The van der Waals surface area contributed by atoms with Crippen LogP contribution in [0.2, 0.25) is 0 Å². The zero-order valence-electron chi connectivity index (χ0n) is 10.8. The van der Waals surface area contributed by atoms with Crippen molar-refractivity contribution in [2.75, 3.05) is 21.3 Å². The SMILES string of the molecule is CNC(c1ccccc1OC)C1(OC)CCC1. The molecular formula is C14H21NO2. The predicted octanol–water partition coefficient (Wildman–Crippen LogP) is 2.52. The van der Waals surface area contributed by atoms with Gasteiger partial charge in [-0.1, -0.05) is 18.2 Å². The number of methoxy groups -OCH3 is 2. The second-order valence-corrected chi connectivity index (χ2v) is 4.59. The number of likely N-dealkylation sites (N-methyl/N-ethyl adjacent to an activating group) is 1. The van der Waals surface area contributed by atoms with Crippen molar-refractivity contribution >= 4 is 0 Å². The molecule has 3 nitrogen and oxygen atoms in total. The number of nitrogens with one attached hydrogen (secondary N) is 1. The first-order valence-electron chi connectivity index (χ1n) is 6.13. The molecule has 0 radical (unpaired) electrons. The lowest BCUT2D eigenvalue weighted by Crippen LogP contribution is -2.49. The third-order valence-corrected chi connectivity index (χ3v) is 3.87.